The molecule has 1 aliphatic rings. The molecule has 0 aromatic heterocycles. The number of ether oxygens (including phenoxy) is 6. The van der Waals surface area contributed by atoms with Crippen LogP contribution in [0.25, 0.3) is 0 Å². The Kier molecular flexibility index (Phi) is 9.90. The Bertz CT molecular complexity index is 802. The van der Waals surface area contributed by atoms with E-state index in [1.165, 1.54) is 7.11 Å². The van der Waals surface area contributed by atoms with Gasteiger partial charge in [0.2, 0.25) is 0 Å². The van der Waals surface area contributed by atoms with E-state index in [1.807, 2.05) is 6.07 Å². The van der Waals surface area contributed by atoms with Crippen molar-refractivity contribution in [3.63, 3.8) is 0 Å². The van der Waals surface area contributed by atoms with Crippen LogP contribution in [0.1, 0.15) is 42.6 Å². The fourth-order valence-corrected chi connectivity index (χ4v) is 4.36. The van der Waals surface area contributed by atoms with Crippen molar-refractivity contribution in [3.05, 3.63) is 23.3 Å². The highest BCUT2D eigenvalue weighted by atomic mass is 28.3. The average molecular weight is 483 g/mol. The number of esters is 1. The largest absolute Gasteiger partial charge is 0.497 e. The monoisotopic (exact) mass is 482 g/mol. The number of hydrogen-bond donors (Lipinski definition) is 0. The third-order valence-corrected chi connectivity index (χ3v) is 7.01. The zero-order valence-corrected chi connectivity index (χ0v) is 21.9. The summed E-state index contributed by atoms with van der Waals surface area (Å²) >= 11 is 0. The summed E-state index contributed by atoms with van der Waals surface area (Å²) in [6.45, 7) is 10.6. The molecule has 0 bridgehead atoms. The van der Waals surface area contributed by atoms with E-state index in [4.69, 9.17) is 28.4 Å². The van der Waals surface area contributed by atoms with Gasteiger partial charge in [-0.25, -0.2) is 4.79 Å². The molecule has 2 rings (SSSR count). The van der Waals surface area contributed by atoms with Crippen molar-refractivity contribution in [1.29, 1.82) is 0 Å². The standard InChI is InChI=1S/C24H38O8Si/c1-24(2)31-19(21(15-25)32-24)10-8-9-17-13-18(28-4)14-20(30-16-27-3)22(17)23(26)29-11-12-33(5,6)7/h13-15,19,21H,8-12,16H2,1-7H3/t19-,21?/m0/s1. The number of carbonyl (C=O) groups is 2. The van der Waals surface area contributed by atoms with E-state index in [-0.39, 0.29) is 12.9 Å². The molecule has 186 valence electrons. The molecule has 1 unspecified atom stereocenters. The van der Waals surface area contributed by atoms with Crippen LogP contribution in [0.15, 0.2) is 12.1 Å². The van der Waals surface area contributed by atoms with Crippen molar-refractivity contribution in [2.24, 2.45) is 0 Å². The zero-order valence-electron chi connectivity index (χ0n) is 20.9. The maximum atomic E-state index is 13.1. The molecule has 1 saturated heterocycles. The summed E-state index contributed by atoms with van der Waals surface area (Å²) in [6, 6.07) is 4.36. The van der Waals surface area contributed by atoms with Gasteiger partial charge >= 0.3 is 5.97 Å². The minimum absolute atomic E-state index is 0.00879. The topological polar surface area (TPSA) is 89.5 Å². The summed E-state index contributed by atoms with van der Waals surface area (Å²) in [4.78, 5) is 24.5. The lowest BCUT2D eigenvalue weighted by atomic mass is 9.98. The highest BCUT2D eigenvalue weighted by Gasteiger charge is 2.40. The molecule has 8 nitrogen and oxygen atoms in total. The number of hydrogen-bond acceptors (Lipinski definition) is 8. The third kappa shape index (κ3) is 8.41. The van der Waals surface area contributed by atoms with Crippen molar-refractivity contribution in [3.8, 4) is 11.5 Å². The van der Waals surface area contributed by atoms with Crippen molar-refractivity contribution in [2.75, 3.05) is 27.6 Å². The lowest BCUT2D eigenvalue weighted by molar-refractivity contribution is -0.150. The Morgan fingerprint density at radius 1 is 1.18 bits per heavy atom. The van der Waals surface area contributed by atoms with E-state index in [2.05, 4.69) is 19.6 Å². The van der Waals surface area contributed by atoms with Gasteiger partial charge in [0.1, 0.15) is 23.2 Å². The molecule has 1 aromatic carbocycles. The molecule has 2 atom stereocenters. The first-order chi connectivity index (χ1) is 15.5. The summed E-state index contributed by atoms with van der Waals surface area (Å²) in [5, 5.41) is 0. The molecule has 1 fully saturated rings. The average Bonchev–Trinajstić information content (AvgIpc) is 3.04. The second kappa shape index (κ2) is 12.0. The molecule has 0 spiro atoms. The molecule has 1 aromatic rings. The second-order valence-corrected chi connectivity index (χ2v) is 15.4. The summed E-state index contributed by atoms with van der Waals surface area (Å²) in [5.74, 6) is -0.290. The highest BCUT2D eigenvalue weighted by Crippen LogP contribution is 2.33. The first-order valence-electron chi connectivity index (χ1n) is 11.3. The van der Waals surface area contributed by atoms with Gasteiger partial charge in [0.15, 0.2) is 18.9 Å². The Morgan fingerprint density at radius 2 is 1.91 bits per heavy atom. The van der Waals surface area contributed by atoms with Gasteiger partial charge < -0.3 is 33.2 Å². The van der Waals surface area contributed by atoms with Crippen molar-refractivity contribution >= 4 is 20.3 Å². The number of carbonyl (C=O) groups excluding carboxylic acids is 2. The summed E-state index contributed by atoms with van der Waals surface area (Å²) in [7, 11) is 1.73. The summed E-state index contributed by atoms with van der Waals surface area (Å²) < 4.78 is 33.3. The molecule has 0 saturated carbocycles. The molecule has 33 heavy (non-hydrogen) atoms. The molecule has 1 heterocycles. The van der Waals surface area contributed by atoms with Crippen LogP contribution < -0.4 is 9.47 Å². The molecular formula is C24H38O8Si. The Balaban J connectivity index is 2.21. The highest BCUT2D eigenvalue weighted by molar-refractivity contribution is 6.76. The lowest BCUT2D eigenvalue weighted by Gasteiger charge is -2.19. The van der Waals surface area contributed by atoms with Gasteiger partial charge in [0.25, 0.3) is 0 Å². The Morgan fingerprint density at radius 3 is 2.52 bits per heavy atom. The summed E-state index contributed by atoms with van der Waals surface area (Å²) in [5.41, 5.74) is 1.12. The zero-order chi connectivity index (χ0) is 24.6. The SMILES string of the molecule is COCOc1cc(OC)cc(CCC[C@@H]2OC(C)(C)OC2C=O)c1C(=O)OCC[Si](C)(C)C. The smallest absolute Gasteiger partial charge is 0.342 e. The van der Waals surface area contributed by atoms with Crippen LogP contribution in [0.2, 0.25) is 25.7 Å². The summed E-state index contributed by atoms with van der Waals surface area (Å²) in [6.07, 6.45) is 1.66. The van der Waals surface area contributed by atoms with E-state index in [1.54, 1.807) is 27.0 Å². The first-order valence-corrected chi connectivity index (χ1v) is 15.0. The van der Waals surface area contributed by atoms with E-state index in [0.29, 0.717) is 42.9 Å². The van der Waals surface area contributed by atoms with Crippen LogP contribution in [0.3, 0.4) is 0 Å². The second-order valence-electron chi connectivity index (χ2n) is 9.82. The van der Waals surface area contributed by atoms with E-state index in [9.17, 15) is 9.59 Å². The van der Waals surface area contributed by atoms with E-state index in [0.717, 1.165) is 17.9 Å². The van der Waals surface area contributed by atoms with Crippen LogP contribution in [-0.2, 0) is 30.2 Å². The van der Waals surface area contributed by atoms with Gasteiger partial charge in [-0.2, -0.15) is 0 Å². The third-order valence-electron chi connectivity index (χ3n) is 5.31. The number of methoxy groups -OCH3 is 2. The van der Waals surface area contributed by atoms with E-state index >= 15 is 0 Å². The van der Waals surface area contributed by atoms with Gasteiger partial charge in [0, 0.05) is 21.3 Å². The van der Waals surface area contributed by atoms with Gasteiger partial charge in [-0.05, 0) is 50.8 Å². The van der Waals surface area contributed by atoms with Crippen LogP contribution in [0.5, 0.6) is 11.5 Å². The van der Waals surface area contributed by atoms with Crippen LogP contribution >= 0.6 is 0 Å². The van der Waals surface area contributed by atoms with Gasteiger partial charge in [-0.15, -0.1) is 0 Å². The fraction of sp³-hybridized carbons (Fsp3) is 0.667. The lowest BCUT2D eigenvalue weighted by Crippen LogP contribution is -2.24. The molecule has 0 amide bonds. The molecule has 0 radical (unpaired) electrons. The Labute approximate surface area is 197 Å². The molecular weight excluding hydrogens is 444 g/mol. The number of benzene rings is 1. The van der Waals surface area contributed by atoms with Gasteiger partial charge in [-0.1, -0.05) is 19.6 Å². The molecule has 9 heteroatoms. The normalized spacial score (nSPS) is 19.8. The number of rotatable bonds is 13. The minimum Gasteiger partial charge on any atom is -0.497 e. The maximum absolute atomic E-state index is 13.1. The fourth-order valence-electron chi connectivity index (χ4n) is 3.65. The van der Waals surface area contributed by atoms with Crippen LogP contribution in [-0.4, -0.2) is 65.9 Å². The van der Waals surface area contributed by atoms with Crippen LogP contribution in [0, 0.1) is 0 Å². The number of aldehydes is 1. The van der Waals surface area contributed by atoms with Gasteiger partial charge in [-0.3, -0.25) is 0 Å². The van der Waals surface area contributed by atoms with Crippen LogP contribution in [0.4, 0.5) is 0 Å². The minimum atomic E-state index is -1.35. The van der Waals surface area contributed by atoms with Crippen molar-refractivity contribution < 1.29 is 38.0 Å². The molecule has 0 N–H and O–H groups in total. The maximum Gasteiger partial charge on any atom is 0.342 e. The number of aryl methyl sites for hydroxylation is 1. The van der Waals surface area contributed by atoms with E-state index < -0.39 is 25.9 Å². The Hall–Kier alpha value is -1.94. The predicted molar refractivity (Wildman–Crippen MR) is 127 cm³/mol. The molecule has 0 aliphatic carbocycles. The first kappa shape index (κ1) is 27.3. The van der Waals surface area contributed by atoms with Gasteiger partial charge in [0.05, 0.1) is 19.8 Å². The molecule has 1 aliphatic heterocycles. The van der Waals surface area contributed by atoms with Crippen molar-refractivity contribution in [1.82, 2.24) is 0 Å². The predicted octanol–water partition coefficient (Wildman–Crippen LogP) is 4.21. The quantitative estimate of drug-likeness (QED) is 0.179. The van der Waals surface area contributed by atoms with Crippen molar-refractivity contribution in [2.45, 2.75) is 76.8 Å².